The number of hydrogen-bond acceptors (Lipinski definition) is 10. The SMILES string of the molecule is CC(=O)N(c1nc2cc3nc(N(C(C)=O)N4CCN(C)CC4)sc3cc2s1)N1CCN(C)CC1. The van der Waals surface area contributed by atoms with Gasteiger partial charge in [0.1, 0.15) is 0 Å². The summed E-state index contributed by atoms with van der Waals surface area (Å²) in [5, 5.41) is 8.98. The molecular weight excluding hydrogens is 472 g/mol. The molecule has 4 heterocycles. The molecule has 2 aliphatic rings. The molecule has 3 aromatic rings. The minimum atomic E-state index is -0.0323. The van der Waals surface area contributed by atoms with E-state index < -0.39 is 0 Å². The van der Waals surface area contributed by atoms with Crippen LogP contribution in [0.2, 0.25) is 0 Å². The summed E-state index contributed by atoms with van der Waals surface area (Å²) >= 11 is 3.03. The van der Waals surface area contributed by atoms with Gasteiger partial charge < -0.3 is 9.80 Å². The second kappa shape index (κ2) is 9.44. The normalized spacial score (nSPS) is 19.2. The van der Waals surface area contributed by atoms with E-state index in [1.54, 1.807) is 23.9 Å². The topological polar surface area (TPSA) is 79.4 Å². The fraction of sp³-hybridized carbons (Fsp3) is 0.545. The molecule has 0 spiro atoms. The quantitative estimate of drug-likeness (QED) is 0.536. The van der Waals surface area contributed by atoms with Crippen molar-refractivity contribution in [2.75, 3.05) is 76.5 Å². The summed E-state index contributed by atoms with van der Waals surface area (Å²) in [6.45, 7) is 10.00. The summed E-state index contributed by atoms with van der Waals surface area (Å²) in [4.78, 5) is 39.2. The van der Waals surface area contributed by atoms with Crippen LogP contribution in [-0.4, -0.2) is 108 Å². The Bertz CT molecular complexity index is 1070. The Kier molecular flexibility index (Phi) is 6.53. The molecule has 0 saturated carbocycles. The van der Waals surface area contributed by atoms with E-state index in [2.05, 4.69) is 40.0 Å². The van der Waals surface area contributed by atoms with Gasteiger partial charge in [-0.25, -0.2) is 30.0 Å². The zero-order valence-corrected chi connectivity index (χ0v) is 21.7. The van der Waals surface area contributed by atoms with Crippen molar-refractivity contribution in [2.24, 2.45) is 0 Å². The molecular formula is C22H30N8O2S2. The third kappa shape index (κ3) is 4.53. The molecule has 0 radical (unpaired) electrons. The molecule has 0 unspecified atom stereocenters. The Morgan fingerprint density at radius 1 is 0.706 bits per heavy atom. The van der Waals surface area contributed by atoms with Gasteiger partial charge in [0, 0.05) is 66.2 Å². The first-order chi connectivity index (χ1) is 16.3. The number of fused-ring (bicyclic) bond motifs is 2. The lowest BCUT2D eigenvalue weighted by Gasteiger charge is -2.38. The molecule has 2 saturated heterocycles. The van der Waals surface area contributed by atoms with E-state index in [4.69, 9.17) is 9.97 Å². The Morgan fingerprint density at radius 3 is 1.44 bits per heavy atom. The maximum Gasteiger partial charge on any atom is 0.240 e. The van der Waals surface area contributed by atoms with E-state index in [1.807, 2.05) is 6.07 Å². The van der Waals surface area contributed by atoms with Crippen molar-refractivity contribution in [3.05, 3.63) is 12.1 Å². The second-order valence-corrected chi connectivity index (χ2v) is 11.0. The first-order valence-electron chi connectivity index (χ1n) is 11.5. The van der Waals surface area contributed by atoms with Crippen molar-refractivity contribution in [3.63, 3.8) is 0 Å². The molecule has 10 nitrogen and oxygen atoms in total. The number of thiazole rings is 2. The number of benzene rings is 1. The number of hydrazine groups is 2. The van der Waals surface area contributed by atoms with Crippen LogP contribution in [0.3, 0.4) is 0 Å². The van der Waals surface area contributed by atoms with E-state index in [-0.39, 0.29) is 11.8 Å². The Labute approximate surface area is 206 Å². The Hall–Kier alpha value is -2.22. The van der Waals surface area contributed by atoms with Crippen molar-refractivity contribution in [1.29, 1.82) is 0 Å². The van der Waals surface area contributed by atoms with E-state index in [0.717, 1.165) is 72.8 Å². The van der Waals surface area contributed by atoms with Gasteiger partial charge in [-0.2, -0.15) is 0 Å². The van der Waals surface area contributed by atoms with Crippen LogP contribution in [-0.2, 0) is 9.59 Å². The van der Waals surface area contributed by atoms with Gasteiger partial charge in [0.15, 0.2) is 0 Å². The van der Waals surface area contributed by atoms with Crippen molar-refractivity contribution in [1.82, 2.24) is 29.8 Å². The van der Waals surface area contributed by atoms with Crippen molar-refractivity contribution in [2.45, 2.75) is 13.8 Å². The highest BCUT2D eigenvalue weighted by Crippen LogP contribution is 2.37. The number of carbonyl (C=O) groups excluding carboxylic acids is 2. The predicted octanol–water partition coefficient (Wildman–Crippen LogP) is 1.94. The van der Waals surface area contributed by atoms with Gasteiger partial charge in [-0.15, -0.1) is 0 Å². The zero-order valence-electron chi connectivity index (χ0n) is 20.0. The van der Waals surface area contributed by atoms with Crippen LogP contribution >= 0.6 is 22.7 Å². The minimum Gasteiger partial charge on any atom is -0.304 e. The molecule has 2 fully saturated rings. The average Bonchev–Trinajstić information content (AvgIpc) is 3.37. The highest BCUT2D eigenvalue weighted by atomic mass is 32.1. The lowest BCUT2D eigenvalue weighted by molar-refractivity contribution is -0.120. The molecule has 34 heavy (non-hydrogen) atoms. The minimum absolute atomic E-state index is 0.0323. The standard InChI is InChI=1S/C22H30N8O2S2/c1-15(31)29(27-9-5-25(3)6-10-27)21-23-17-13-18-20(14-19(17)33-21)34-22(24-18)30(16(2)32)28-11-7-26(4)8-12-28/h13-14H,5-12H2,1-4H3. The molecule has 0 N–H and O–H groups in total. The van der Waals surface area contributed by atoms with E-state index in [1.165, 1.54) is 22.7 Å². The van der Waals surface area contributed by atoms with E-state index in [9.17, 15) is 9.59 Å². The lowest BCUT2D eigenvalue weighted by Crippen LogP contribution is -2.54. The second-order valence-electron chi connectivity index (χ2n) is 8.96. The number of aromatic nitrogens is 2. The zero-order chi connectivity index (χ0) is 24.0. The molecule has 2 aromatic heterocycles. The van der Waals surface area contributed by atoms with Gasteiger partial charge in [-0.3, -0.25) is 9.59 Å². The summed E-state index contributed by atoms with van der Waals surface area (Å²) in [6, 6.07) is 4.05. The summed E-state index contributed by atoms with van der Waals surface area (Å²) in [5.74, 6) is -0.0646. The van der Waals surface area contributed by atoms with Crippen LogP contribution in [0.25, 0.3) is 20.4 Å². The van der Waals surface area contributed by atoms with Crippen LogP contribution in [0.1, 0.15) is 13.8 Å². The molecule has 2 amide bonds. The monoisotopic (exact) mass is 502 g/mol. The number of rotatable bonds is 4. The number of anilines is 2. The van der Waals surface area contributed by atoms with E-state index >= 15 is 0 Å². The van der Waals surface area contributed by atoms with Crippen molar-refractivity contribution >= 4 is 65.2 Å². The number of amides is 2. The molecule has 2 aliphatic heterocycles. The van der Waals surface area contributed by atoms with Crippen LogP contribution in [0.4, 0.5) is 10.3 Å². The molecule has 0 aliphatic carbocycles. The van der Waals surface area contributed by atoms with Crippen molar-refractivity contribution < 1.29 is 9.59 Å². The first kappa shape index (κ1) is 23.5. The predicted molar refractivity (Wildman–Crippen MR) is 137 cm³/mol. The van der Waals surface area contributed by atoms with Gasteiger partial charge >= 0.3 is 0 Å². The summed E-state index contributed by atoms with van der Waals surface area (Å²) in [7, 11) is 4.19. The van der Waals surface area contributed by atoms with Crippen LogP contribution in [0.15, 0.2) is 12.1 Å². The highest BCUT2D eigenvalue weighted by molar-refractivity contribution is 7.24. The largest absolute Gasteiger partial charge is 0.304 e. The number of likely N-dealkylation sites (N-methyl/N-ethyl adjacent to an activating group) is 2. The molecule has 1 aromatic carbocycles. The number of hydrogen-bond donors (Lipinski definition) is 0. The third-order valence-corrected chi connectivity index (χ3v) is 8.35. The Morgan fingerprint density at radius 2 is 1.09 bits per heavy atom. The highest BCUT2D eigenvalue weighted by Gasteiger charge is 2.28. The van der Waals surface area contributed by atoms with Gasteiger partial charge in [-0.05, 0) is 26.2 Å². The van der Waals surface area contributed by atoms with E-state index in [0.29, 0.717) is 10.3 Å². The average molecular weight is 503 g/mol. The van der Waals surface area contributed by atoms with Gasteiger partial charge in [0.25, 0.3) is 0 Å². The third-order valence-electron chi connectivity index (χ3n) is 6.36. The summed E-state index contributed by atoms with van der Waals surface area (Å²) in [6.07, 6.45) is 0. The van der Waals surface area contributed by atoms with Crippen molar-refractivity contribution in [3.8, 4) is 0 Å². The lowest BCUT2D eigenvalue weighted by atomic mass is 10.3. The number of nitrogens with zero attached hydrogens (tertiary/aromatic N) is 8. The molecule has 0 bridgehead atoms. The fourth-order valence-corrected chi connectivity index (χ4v) is 6.60. The molecule has 0 atom stereocenters. The summed E-state index contributed by atoms with van der Waals surface area (Å²) < 4.78 is 2.01. The number of carbonyl (C=O) groups is 2. The number of piperazine rings is 2. The fourth-order valence-electron chi connectivity index (χ4n) is 4.41. The van der Waals surface area contributed by atoms with Gasteiger partial charge in [-0.1, -0.05) is 22.7 Å². The first-order valence-corrected chi connectivity index (χ1v) is 13.1. The molecule has 5 rings (SSSR count). The maximum atomic E-state index is 12.5. The van der Waals surface area contributed by atoms with Gasteiger partial charge in [0.05, 0.1) is 20.4 Å². The molecule has 182 valence electrons. The van der Waals surface area contributed by atoms with Crippen LogP contribution < -0.4 is 10.0 Å². The van der Waals surface area contributed by atoms with Crippen LogP contribution in [0.5, 0.6) is 0 Å². The Balaban J connectivity index is 1.45. The van der Waals surface area contributed by atoms with Gasteiger partial charge in [0.2, 0.25) is 22.1 Å². The smallest absolute Gasteiger partial charge is 0.240 e. The maximum absolute atomic E-state index is 12.5. The molecule has 12 heteroatoms. The van der Waals surface area contributed by atoms with Crippen LogP contribution in [0, 0.1) is 0 Å². The summed E-state index contributed by atoms with van der Waals surface area (Å²) in [5.41, 5.74) is 1.64.